The van der Waals surface area contributed by atoms with E-state index >= 15 is 0 Å². The molecule has 0 aliphatic carbocycles. The first-order valence-corrected chi connectivity index (χ1v) is 9.71. The van der Waals surface area contributed by atoms with Crippen LogP contribution in [0.1, 0.15) is 23.4 Å². The summed E-state index contributed by atoms with van der Waals surface area (Å²) >= 11 is 0. The number of anilines is 1. The number of hydrogen-bond acceptors (Lipinski definition) is 5. The lowest BCUT2D eigenvalue weighted by Crippen LogP contribution is -2.15. The summed E-state index contributed by atoms with van der Waals surface area (Å²) in [7, 11) is 1.45. The molecule has 0 aliphatic rings. The van der Waals surface area contributed by atoms with Crippen molar-refractivity contribution in [3.63, 3.8) is 0 Å². The number of aromatic nitrogens is 3. The number of hydrogen-bond donors (Lipinski definition) is 1. The van der Waals surface area contributed by atoms with Crippen molar-refractivity contribution in [2.45, 2.75) is 25.9 Å². The maximum atomic E-state index is 13.1. The molecule has 0 aliphatic heterocycles. The van der Waals surface area contributed by atoms with Crippen LogP contribution in [0.5, 0.6) is 5.75 Å². The molecule has 32 heavy (non-hydrogen) atoms. The minimum absolute atomic E-state index is 0.0432. The molecule has 10 heteroatoms. The van der Waals surface area contributed by atoms with Gasteiger partial charge in [0.05, 0.1) is 24.6 Å². The van der Waals surface area contributed by atoms with Crippen LogP contribution in [0.25, 0.3) is 17.2 Å². The number of amides is 1. The van der Waals surface area contributed by atoms with E-state index in [1.807, 2.05) is 0 Å². The molecular formula is C22H19F3N4O3. The van der Waals surface area contributed by atoms with Crippen LogP contribution >= 0.6 is 0 Å². The van der Waals surface area contributed by atoms with Gasteiger partial charge in [0, 0.05) is 12.0 Å². The number of carbonyl (C=O) groups excluding carboxylic acids is 1. The SMILES string of the molecule is COc1cc(-c2nn3c(C)ncc3o2)ccc1NC(=O)CCc1ccccc1C(F)(F)F. The monoisotopic (exact) mass is 444 g/mol. The van der Waals surface area contributed by atoms with Crippen LogP contribution in [0, 0.1) is 6.92 Å². The first kappa shape index (κ1) is 21.4. The smallest absolute Gasteiger partial charge is 0.416 e. The summed E-state index contributed by atoms with van der Waals surface area (Å²) in [6.07, 6.45) is -3.06. The number of aryl methyl sites for hydroxylation is 2. The summed E-state index contributed by atoms with van der Waals surface area (Å²) < 4.78 is 52.0. The first-order valence-electron chi connectivity index (χ1n) is 9.71. The lowest BCUT2D eigenvalue weighted by Gasteiger charge is -2.13. The molecule has 4 aromatic rings. The summed E-state index contributed by atoms with van der Waals surface area (Å²) in [5.41, 5.74) is 0.849. The summed E-state index contributed by atoms with van der Waals surface area (Å²) in [6, 6.07) is 10.2. The normalized spacial score (nSPS) is 11.7. The second kappa shape index (κ2) is 8.37. The topological polar surface area (TPSA) is 81.7 Å². The van der Waals surface area contributed by atoms with Gasteiger partial charge in [-0.3, -0.25) is 4.79 Å². The number of ether oxygens (including phenoxy) is 1. The molecule has 0 saturated heterocycles. The van der Waals surface area contributed by atoms with Gasteiger partial charge >= 0.3 is 6.18 Å². The van der Waals surface area contributed by atoms with Gasteiger partial charge in [0.25, 0.3) is 0 Å². The number of methoxy groups -OCH3 is 1. The molecular weight excluding hydrogens is 425 g/mol. The molecule has 4 rings (SSSR count). The maximum Gasteiger partial charge on any atom is 0.416 e. The Labute approximate surface area is 180 Å². The highest BCUT2D eigenvalue weighted by atomic mass is 19.4. The molecule has 2 aromatic carbocycles. The fourth-order valence-electron chi connectivity index (χ4n) is 3.34. The number of alkyl halides is 3. The fourth-order valence-corrected chi connectivity index (χ4v) is 3.34. The van der Waals surface area contributed by atoms with E-state index in [0.29, 0.717) is 34.4 Å². The highest BCUT2D eigenvalue weighted by Gasteiger charge is 2.32. The number of nitrogens with zero attached hydrogens (tertiary/aromatic N) is 3. The molecule has 7 nitrogen and oxygen atoms in total. The van der Waals surface area contributed by atoms with Crippen molar-refractivity contribution in [2.24, 2.45) is 0 Å². The molecule has 0 spiro atoms. The summed E-state index contributed by atoms with van der Waals surface area (Å²) in [5.74, 6) is 0.966. The minimum atomic E-state index is -4.47. The number of fused-ring (bicyclic) bond motifs is 1. The average Bonchev–Trinajstić information content (AvgIpc) is 3.34. The Morgan fingerprint density at radius 1 is 1.22 bits per heavy atom. The molecule has 0 unspecified atom stereocenters. The number of rotatable bonds is 6. The zero-order chi connectivity index (χ0) is 22.9. The number of nitrogens with one attached hydrogen (secondary N) is 1. The molecule has 0 fully saturated rings. The van der Waals surface area contributed by atoms with E-state index < -0.39 is 17.6 Å². The van der Waals surface area contributed by atoms with Crippen molar-refractivity contribution in [3.05, 3.63) is 65.6 Å². The Balaban J connectivity index is 1.48. The van der Waals surface area contributed by atoms with Crippen molar-refractivity contribution < 1.29 is 27.1 Å². The Morgan fingerprint density at radius 3 is 2.72 bits per heavy atom. The third kappa shape index (κ3) is 4.29. The molecule has 0 radical (unpaired) electrons. The average molecular weight is 444 g/mol. The summed E-state index contributed by atoms with van der Waals surface area (Å²) in [5, 5.41) is 7.04. The van der Waals surface area contributed by atoms with Crippen LogP contribution in [0.15, 0.2) is 53.1 Å². The molecule has 0 bridgehead atoms. The zero-order valence-corrected chi connectivity index (χ0v) is 17.2. The van der Waals surface area contributed by atoms with Gasteiger partial charge in [0.1, 0.15) is 11.6 Å². The Hall–Kier alpha value is -3.82. The second-order valence-electron chi connectivity index (χ2n) is 7.08. The van der Waals surface area contributed by atoms with Gasteiger partial charge in [0.2, 0.25) is 17.5 Å². The lowest BCUT2D eigenvalue weighted by atomic mass is 10.0. The van der Waals surface area contributed by atoms with Gasteiger partial charge < -0.3 is 14.5 Å². The standard InChI is InChI=1S/C22H19F3N4O3/c1-13-26-12-20-29(13)28-21(32-20)15-7-9-17(18(11-15)31-2)27-19(30)10-8-14-5-3-4-6-16(14)22(23,24)25/h3-7,9,11-12H,8,10H2,1-2H3,(H,27,30). The maximum absolute atomic E-state index is 13.1. The lowest BCUT2D eigenvalue weighted by molar-refractivity contribution is -0.138. The van der Waals surface area contributed by atoms with E-state index in [2.05, 4.69) is 15.4 Å². The third-order valence-corrected chi connectivity index (χ3v) is 4.94. The van der Waals surface area contributed by atoms with Gasteiger partial charge in [-0.25, -0.2) is 4.98 Å². The third-order valence-electron chi connectivity index (χ3n) is 4.94. The zero-order valence-electron chi connectivity index (χ0n) is 17.2. The van der Waals surface area contributed by atoms with Crippen LogP contribution in [0.2, 0.25) is 0 Å². The first-order chi connectivity index (χ1) is 15.3. The number of imidazole rings is 1. The molecule has 0 atom stereocenters. The van der Waals surface area contributed by atoms with Crippen LogP contribution in [-0.2, 0) is 17.4 Å². The van der Waals surface area contributed by atoms with Crippen LogP contribution in [0.3, 0.4) is 0 Å². The van der Waals surface area contributed by atoms with E-state index in [0.717, 1.165) is 6.07 Å². The predicted molar refractivity (Wildman–Crippen MR) is 110 cm³/mol. The highest BCUT2D eigenvalue weighted by Crippen LogP contribution is 2.33. The van der Waals surface area contributed by atoms with Crippen molar-refractivity contribution >= 4 is 17.3 Å². The van der Waals surface area contributed by atoms with Crippen molar-refractivity contribution in [1.29, 1.82) is 0 Å². The summed E-state index contributed by atoms with van der Waals surface area (Å²) in [6.45, 7) is 1.80. The van der Waals surface area contributed by atoms with E-state index in [-0.39, 0.29) is 18.4 Å². The fraction of sp³-hybridized carbons (Fsp3) is 0.227. The molecule has 2 heterocycles. The molecule has 166 valence electrons. The molecule has 1 amide bonds. The van der Waals surface area contributed by atoms with Gasteiger partial charge in [-0.2, -0.15) is 17.7 Å². The van der Waals surface area contributed by atoms with Crippen LogP contribution in [0.4, 0.5) is 18.9 Å². The second-order valence-corrected chi connectivity index (χ2v) is 7.08. The number of halogens is 3. The van der Waals surface area contributed by atoms with Gasteiger partial charge in [0.15, 0.2) is 0 Å². The van der Waals surface area contributed by atoms with Crippen LogP contribution < -0.4 is 10.1 Å². The number of carbonyl (C=O) groups is 1. The Bertz CT molecular complexity index is 1280. The van der Waals surface area contributed by atoms with Crippen molar-refractivity contribution in [3.8, 4) is 17.2 Å². The van der Waals surface area contributed by atoms with E-state index in [1.54, 1.807) is 35.8 Å². The van der Waals surface area contributed by atoms with E-state index in [9.17, 15) is 18.0 Å². The Kier molecular flexibility index (Phi) is 5.60. The predicted octanol–water partition coefficient (Wildman–Crippen LogP) is 4.90. The van der Waals surface area contributed by atoms with E-state index in [1.165, 1.54) is 25.3 Å². The minimum Gasteiger partial charge on any atom is -0.495 e. The van der Waals surface area contributed by atoms with Gasteiger partial charge in [-0.05, 0) is 43.2 Å². The van der Waals surface area contributed by atoms with Crippen molar-refractivity contribution in [2.75, 3.05) is 12.4 Å². The molecule has 1 N–H and O–H groups in total. The summed E-state index contributed by atoms with van der Waals surface area (Å²) in [4.78, 5) is 16.5. The largest absolute Gasteiger partial charge is 0.495 e. The van der Waals surface area contributed by atoms with Crippen molar-refractivity contribution in [1.82, 2.24) is 14.6 Å². The van der Waals surface area contributed by atoms with Crippen LogP contribution in [-0.4, -0.2) is 27.6 Å². The highest BCUT2D eigenvalue weighted by molar-refractivity contribution is 5.92. The van der Waals surface area contributed by atoms with Gasteiger partial charge in [-0.1, -0.05) is 18.2 Å². The number of benzene rings is 2. The quantitative estimate of drug-likeness (QED) is 0.458. The van der Waals surface area contributed by atoms with E-state index in [4.69, 9.17) is 9.15 Å². The van der Waals surface area contributed by atoms with Gasteiger partial charge in [-0.15, -0.1) is 5.10 Å². The molecule has 0 saturated carbocycles. The Morgan fingerprint density at radius 2 is 2.00 bits per heavy atom. The molecule has 2 aromatic heterocycles.